The molecule has 0 radical (unpaired) electrons. The highest BCUT2D eigenvalue weighted by Crippen LogP contribution is 2.36. The molecule has 0 saturated carbocycles. The maximum absolute atomic E-state index is 12.8. The van der Waals surface area contributed by atoms with E-state index < -0.39 is 10.0 Å². The van der Waals surface area contributed by atoms with Crippen LogP contribution in [0.25, 0.3) is 11.3 Å². The Morgan fingerprint density at radius 2 is 1.75 bits per heavy atom. The van der Waals surface area contributed by atoms with Gasteiger partial charge >= 0.3 is 0 Å². The van der Waals surface area contributed by atoms with E-state index in [2.05, 4.69) is 10.3 Å². The molecular formula is C22H21N3O5S2. The molecule has 0 bridgehead atoms. The predicted molar refractivity (Wildman–Crippen MR) is 121 cm³/mol. The van der Waals surface area contributed by atoms with Crippen molar-refractivity contribution in [2.45, 2.75) is 24.2 Å². The van der Waals surface area contributed by atoms with E-state index in [0.717, 1.165) is 24.8 Å². The summed E-state index contributed by atoms with van der Waals surface area (Å²) in [5.74, 6) is 1.02. The number of ether oxygens (including phenoxy) is 2. The number of thiazole rings is 1. The van der Waals surface area contributed by atoms with Crippen molar-refractivity contribution in [3.8, 4) is 22.8 Å². The minimum atomic E-state index is -3.52. The standard InChI is InChI=1S/C22H21N3O5S2/c26-21(15-4-7-17(8-5-15)32(27,28)25-10-2-1-3-11-25)24-22-23-18(13-31-22)16-6-9-19-20(12-16)30-14-29-19/h4-9,12-13H,1-3,10-11,14H2,(H,23,24,26). The number of hydrogen-bond acceptors (Lipinski definition) is 7. The quantitative estimate of drug-likeness (QED) is 0.605. The molecule has 2 aliphatic heterocycles. The molecule has 10 heteroatoms. The zero-order chi connectivity index (χ0) is 22.1. The van der Waals surface area contributed by atoms with E-state index in [1.54, 1.807) is 0 Å². The third kappa shape index (κ3) is 4.08. The molecule has 32 heavy (non-hydrogen) atoms. The number of rotatable bonds is 5. The van der Waals surface area contributed by atoms with E-state index in [1.807, 2.05) is 23.6 Å². The number of hydrogen-bond donors (Lipinski definition) is 1. The van der Waals surface area contributed by atoms with E-state index in [-0.39, 0.29) is 17.6 Å². The number of nitrogens with zero attached hydrogens (tertiary/aromatic N) is 2. The van der Waals surface area contributed by atoms with Crippen LogP contribution in [0, 0.1) is 0 Å². The van der Waals surface area contributed by atoms with Crippen molar-refractivity contribution in [1.29, 1.82) is 0 Å². The van der Waals surface area contributed by atoms with E-state index in [1.165, 1.54) is 39.9 Å². The summed E-state index contributed by atoms with van der Waals surface area (Å²) < 4.78 is 37.8. The lowest BCUT2D eigenvalue weighted by Gasteiger charge is -2.25. The van der Waals surface area contributed by atoms with Crippen molar-refractivity contribution in [2.75, 3.05) is 25.2 Å². The molecule has 3 aromatic rings. The monoisotopic (exact) mass is 471 g/mol. The minimum absolute atomic E-state index is 0.204. The summed E-state index contributed by atoms with van der Waals surface area (Å²) in [4.78, 5) is 17.3. The molecule has 1 amide bonds. The van der Waals surface area contributed by atoms with Gasteiger partial charge in [-0.25, -0.2) is 13.4 Å². The van der Waals surface area contributed by atoms with Crippen molar-refractivity contribution in [3.05, 3.63) is 53.4 Å². The Morgan fingerprint density at radius 3 is 2.53 bits per heavy atom. The van der Waals surface area contributed by atoms with Crippen molar-refractivity contribution in [1.82, 2.24) is 9.29 Å². The van der Waals surface area contributed by atoms with Crippen LogP contribution in [0.1, 0.15) is 29.6 Å². The fourth-order valence-corrected chi connectivity index (χ4v) is 5.95. The van der Waals surface area contributed by atoms with Gasteiger partial charge in [0.25, 0.3) is 5.91 Å². The Kier molecular flexibility index (Phi) is 5.58. The number of fused-ring (bicyclic) bond motifs is 1. The summed E-state index contributed by atoms with van der Waals surface area (Å²) in [5.41, 5.74) is 1.94. The number of aromatic nitrogens is 1. The number of anilines is 1. The molecule has 166 valence electrons. The summed E-state index contributed by atoms with van der Waals surface area (Å²) in [6, 6.07) is 11.6. The smallest absolute Gasteiger partial charge is 0.257 e. The summed E-state index contributed by atoms with van der Waals surface area (Å²) in [6.45, 7) is 1.29. The predicted octanol–water partition coefficient (Wildman–Crippen LogP) is 3.97. The lowest BCUT2D eigenvalue weighted by atomic mass is 10.1. The van der Waals surface area contributed by atoms with Gasteiger partial charge in [-0.3, -0.25) is 10.1 Å². The Labute approximate surface area is 189 Å². The Balaban J connectivity index is 1.27. The topological polar surface area (TPSA) is 97.8 Å². The van der Waals surface area contributed by atoms with Crippen LogP contribution in [-0.2, 0) is 10.0 Å². The highest BCUT2D eigenvalue weighted by Gasteiger charge is 2.26. The van der Waals surface area contributed by atoms with Gasteiger partial charge in [0.2, 0.25) is 16.8 Å². The molecule has 0 aliphatic carbocycles. The lowest BCUT2D eigenvalue weighted by Crippen LogP contribution is -2.35. The molecule has 1 N–H and O–H groups in total. The third-order valence-electron chi connectivity index (χ3n) is 5.46. The second kappa shape index (κ2) is 8.53. The fourth-order valence-electron chi connectivity index (χ4n) is 3.72. The first-order valence-electron chi connectivity index (χ1n) is 10.3. The maximum atomic E-state index is 12.8. The van der Waals surface area contributed by atoms with Crippen molar-refractivity contribution < 1.29 is 22.7 Å². The number of carbonyl (C=O) groups excluding carboxylic acids is 1. The number of sulfonamides is 1. The van der Waals surface area contributed by atoms with Crippen LogP contribution in [0.2, 0.25) is 0 Å². The number of piperidine rings is 1. The highest BCUT2D eigenvalue weighted by atomic mass is 32.2. The first-order valence-corrected chi connectivity index (χ1v) is 12.6. The number of carbonyl (C=O) groups is 1. The van der Waals surface area contributed by atoms with Crippen LogP contribution in [0.15, 0.2) is 52.7 Å². The van der Waals surface area contributed by atoms with Gasteiger partial charge in [0.1, 0.15) is 0 Å². The van der Waals surface area contributed by atoms with E-state index in [4.69, 9.17) is 9.47 Å². The Bertz CT molecular complexity index is 1250. The van der Waals surface area contributed by atoms with Gasteiger partial charge in [0.15, 0.2) is 16.6 Å². The van der Waals surface area contributed by atoms with E-state index in [0.29, 0.717) is 41.0 Å². The summed E-state index contributed by atoms with van der Waals surface area (Å²) in [6.07, 6.45) is 2.81. The van der Waals surface area contributed by atoms with Gasteiger partial charge in [-0.15, -0.1) is 11.3 Å². The summed E-state index contributed by atoms with van der Waals surface area (Å²) in [5, 5.41) is 5.08. The van der Waals surface area contributed by atoms with E-state index >= 15 is 0 Å². The zero-order valence-corrected chi connectivity index (χ0v) is 18.7. The summed E-state index contributed by atoms with van der Waals surface area (Å²) in [7, 11) is -3.52. The average molecular weight is 472 g/mol. The van der Waals surface area contributed by atoms with Crippen molar-refractivity contribution in [3.63, 3.8) is 0 Å². The second-order valence-electron chi connectivity index (χ2n) is 7.55. The van der Waals surface area contributed by atoms with Gasteiger partial charge in [-0.05, 0) is 55.3 Å². The summed E-state index contributed by atoms with van der Waals surface area (Å²) >= 11 is 1.31. The molecular weight excluding hydrogens is 450 g/mol. The van der Waals surface area contributed by atoms with Gasteiger partial charge in [-0.1, -0.05) is 6.42 Å². The SMILES string of the molecule is O=C(Nc1nc(-c2ccc3c(c2)OCO3)cs1)c1ccc(S(=O)(=O)N2CCCCC2)cc1. The first-order chi connectivity index (χ1) is 15.5. The molecule has 1 saturated heterocycles. The van der Waals surface area contributed by atoms with Gasteiger partial charge in [0.05, 0.1) is 10.6 Å². The van der Waals surface area contributed by atoms with E-state index in [9.17, 15) is 13.2 Å². The number of benzene rings is 2. The molecule has 0 unspecified atom stereocenters. The van der Waals surface area contributed by atoms with Gasteiger partial charge in [-0.2, -0.15) is 4.31 Å². The molecule has 2 aliphatic rings. The molecule has 0 spiro atoms. The van der Waals surface area contributed by atoms with Crippen LogP contribution in [0.4, 0.5) is 5.13 Å². The number of nitrogens with one attached hydrogen (secondary N) is 1. The molecule has 5 rings (SSSR count). The second-order valence-corrected chi connectivity index (χ2v) is 10.3. The first kappa shape index (κ1) is 20.9. The van der Waals surface area contributed by atoms with Crippen LogP contribution in [-0.4, -0.2) is 43.5 Å². The largest absolute Gasteiger partial charge is 0.454 e. The number of amides is 1. The molecule has 1 aromatic heterocycles. The van der Waals surface area contributed by atoms with Crippen molar-refractivity contribution >= 4 is 32.4 Å². The fraction of sp³-hybridized carbons (Fsp3) is 0.273. The zero-order valence-electron chi connectivity index (χ0n) is 17.1. The van der Waals surface area contributed by atoms with Crippen molar-refractivity contribution in [2.24, 2.45) is 0 Å². The highest BCUT2D eigenvalue weighted by molar-refractivity contribution is 7.89. The Morgan fingerprint density at radius 1 is 1.00 bits per heavy atom. The maximum Gasteiger partial charge on any atom is 0.257 e. The minimum Gasteiger partial charge on any atom is -0.454 e. The molecule has 8 nitrogen and oxygen atoms in total. The molecule has 0 atom stereocenters. The average Bonchev–Trinajstić information content (AvgIpc) is 3.48. The normalized spacial score (nSPS) is 16.1. The molecule has 3 heterocycles. The van der Waals surface area contributed by atoms with Crippen LogP contribution >= 0.6 is 11.3 Å². The van der Waals surface area contributed by atoms with Crippen LogP contribution in [0.3, 0.4) is 0 Å². The van der Waals surface area contributed by atoms with Gasteiger partial charge < -0.3 is 9.47 Å². The van der Waals surface area contributed by atoms with Crippen LogP contribution < -0.4 is 14.8 Å². The molecule has 2 aromatic carbocycles. The molecule has 1 fully saturated rings. The van der Waals surface area contributed by atoms with Gasteiger partial charge in [0, 0.05) is 29.6 Å². The lowest BCUT2D eigenvalue weighted by molar-refractivity contribution is 0.102. The third-order valence-corrected chi connectivity index (χ3v) is 8.13. The Hall–Kier alpha value is -2.95. The van der Waals surface area contributed by atoms with Crippen LogP contribution in [0.5, 0.6) is 11.5 Å².